The van der Waals surface area contributed by atoms with Gasteiger partial charge in [-0.15, -0.1) is 22.7 Å². The van der Waals surface area contributed by atoms with Gasteiger partial charge in [-0.25, -0.2) is 9.97 Å². The van der Waals surface area contributed by atoms with E-state index in [9.17, 15) is 9.59 Å². The Labute approximate surface area is 373 Å². The van der Waals surface area contributed by atoms with Gasteiger partial charge in [0.2, 0.25) is 6.79 Å². The van der Waals surface area contributed by atoms with Crippen LogP contribution in [0, 0.1) is 13.8 Å². The van der Waals surface area contributed by atoms with Gasteiger partial charge in [-0.05, 0) is 141 Å². The second-order valence-corrected chi connectivity index (χ2v) is 16.9. The number of aromatic nitrogens is 4. The van der Waals surface area contributed by atoms with E-state index in [-0.39, 0.29) is 24.7 Å². The van der Waals surface area contributed by atoms with E-state index in [4.69, 9.17) is 24.2 Å². The monoisotopic (exact) mass is 872 g/mol. The molecule has 0 aliphatic carbocycles. The van der Waals surface area contributed by atoms with Crippen LogP contribution in [-0.2, 0) is 12.8 Å². The number of pyridine rings is 2. The lowest BCUT2D eigenvalue weighted by atomic mass is 10.0. The summed E-state index contributed by atoms with van der Waals surface area (Å²) in [5.41, 5.74) is 11.1. The second-order valence-electron chi connectivity index (χ2n) is 15.0. The minimum absolute atomic E-state index is 0.0962. The number of amides is 2. The Kier molecular flexibility index (Phi) is 13.3. The number of nitrogens with zero attached hydrogens (tertiary/aromatic N) is 4. The summed E-state index contributed by atoms with van der Waals surface area (Å²) in [6.45, 7) is 8.27. The molecule has 0 fully saturated rings. The van der Waals surface area contributed by atoms with Crippen molar-refractivity contribution in [2.24, 2.45) is 0 Å². The SMILES string of the molecule is Cc1ccc(NC(=O)c2ccc(OC(C)C)cc2)cc1Cc1nc(-c2cccnc2)cs1.Cc1ccc(NC(=O)c2ccc3c(c2)OCO3)cc1Cc1nc(-c2cccnc2)cs1. The highest BCUT2D eigenvalue weighted by Gasteiger charge is 2.17. The average Bonchev–Trinajstić information content (AvgIpc) is 4.09. The molecule has 9 rings (SSSR count). The van der Waals surface area contributed by atoms with Crippen LogP contribution < -0.4 is 24.8 Å². The first-order chi connectivity index (χ1) is 30.6. The number of hydrogen-bond acceptors (Lipinski definition) is 11. The molecule has 0 saturated carbocycles. The van der Waals surface area contributed by atoms with Gasteiger partial charge >= 0.3 is 0 Å². The minimum Gasteiger partial charge on any atom is -0.491 e. The van der Waals surface area contributed by atoms with Crippen LogP contribution >= 0.6 is 22.7 Å². The van der Waals surface area contributed by atoms with Crippen molar-refractivity contribution in [3.8, 4) is 39.8 Å². The van der Waals surface area contributed by atoms with Crippen LogP contribution in [0.1, 0.15) is 66.8 Å². The number of anilines is 2. The Hall–Kier alpha value is -7.22. The standard InChI is InChI=1S/C26H25N3O2S.C24H19N3O3S/c1-17(2)31-23-10-7-19(8-11-23)26(30)28-22-9-6-18(3)21(13-22)14-25-29-24(16-32-25)20-5-4-12-27-15-20;1-15-4-6-19(26-24(28)16-5-7-21-22(10-16)30-14-29-21)9-18(15)11-23-27-20(13-31-23)17-3-2-8-25-12-17/h4-13,15-17H,14H2,1-3H3,(H,28,30);2-10,12-13H,11,14H2,1H3,(H,26,28). The van der Waals surface area contributed by atoms with E-state index in [0.29, 0.717) is 35.5 Å². The van der Waals surface area contributed by atoms with Crippen molar-refractivity contribution in [2.75, 3.05) is 17.4 Å². The molecule has 2 amide bonds. The molecule has 2 N–H and O–H groups in total. The van der Waals surface area contributed by atoms with Crippen molar-refractivity contribution >= 4 is 45.9 Å². The number of benzene rings is 4. The highest BCUT2D eigenvalue weighted by atomic mass is 32.1. The van der Waals surface area contributed by atoms with Crippen molar-refractivity contribution in [3.63, 3.8) is 0 Å². The van der Waals surface area contributed by atoms with Crippen molar-refractivity contribution < 1.29 is 23.8 Å². The summed E-state index contributed by atoms with van der Waals surface area (Å²) in [6.07, 6.45) is 8.65. The molecule has 63 heavy (non-hydrogen) atoms. The molecule has 5 heterocycles. The largest absolute Gasteiger partial charge is 0.491 e. The smallest absolute Gasteiger partial charge is 0.255 e. The summed E-state index contributed by atoms with van der Waals surface area (Å²) >= 11 is 3.26. The number of carbonyl (C=O) groups excluding carboxylic acids is 2. The maximum atomic E-state index is 12.7. The molecule has 316 valence electrons. The summed E-state index contributed by atoms with van der Waals surface area (Å²) in [7, 11) is 0. The van der Waals surface area contributed by atoms with Crippen LogP contribution in [-0.4, -0.2) is 44.6 Å². The van der Waals surface area contributed by atoms with Gasteiger partial charge in [0.05, 0.1) is 27.5 Å². The molecular formula is C50H44N6O5S2. The highest BCUT2D eigenvalue weighted by Crippen LogP contribution is 2.33. The molecular weight excluding hydrogens is 829 g/mol. The topological polar surface area (TPSA) is 137 Å². The first-order valence-corrected chi connectivity index (χ1v) is 22.1. The normalized spacial score (nSPS) is 11.4. The van der Waals surface area contributed by atoms with Crippen LogP contribution in [0.15, 0.2) is 139 Å². The molecule has 1 aliphatic heterocycles. The van der Waals surface area contributed by atoms with Gasteiger partial charge in [0.15, 0.2) is 11.5 Å². The highest BCUT2D eigenvalue weighted by molar-refractivity contribution is 7.10. The predicted molar refractivity (Wildman–Crippen MR) is 249 cm³/mol. The number of rotatable bonds is 12. The Morgan fingerprint density at radius 1 is 0.651 bits per heavy atom. The van der Waals surface area contributed by atoms with Crippen LogP contribution in [0.25, 0.3) is 22.5 Å². The first kappa shape index (κ1) is 42.5. The number of thiazole rings is 2. The van der Waals surface area contributed by atoms with Gasteiger partial charge in [0.25, 0.3) is 11.8 Å². The molecule has 13 heteroatoms. The predicted octanol–water partition coefficient (Wildman–Crippen LogP) is 11.2. The third-order valence-corrected chi connectivity index (χ3v) is 11.7. The number of nitrogens with one attached hydrogen (secondary N) is 2. The molecule has 1 aliphatic rings. The zero-order chi connectivity index (χ0) is 43.7. The zero-order valence-electron chi connectivity index (χ0n) is 35.1. The number of hydrogen-bond donors (Lipinski definition) is 2. The lowest BCUT2D eigenvalue weighted by Crippen LogP contribution is -2.12. The van der Waals surface area contributed by atoms with E-state index in [0.717, 1.165) is 71.9 Å². The van der Waals surface area contributed by atoms with E-state index in [1.807, 2.05) is 104 Å². The van der Waals surface area contributed by atoms with Crippen LogP contribution in [0.2, 0.25) is 0 Å². The Morgan fingerprint density at radius 2 is 1.17 bits per heavy atom. The molecule has 11 nitrogen and oxygen atoms in total. The summed E-state index contributed by atoms with van der Waals surface area (Å²) in [5.74, 6) is 1.65. The molecule has 0 radical (unpaired) electrons. The molecule has 8 aromatic rings. The summed E-state index contributed by atoms with van der Waals surface area (Å²) in [5, 5.41) is 12.1. The maximum absolute atomic E-state index is 12.7. The number of ether oxygens (including phenoxy) is 3. The first-order valence-electron chi connectivity index (χ1n) is 20.3. The zero-order valence-corrected chi connectivity index (χ0v) is 36.8. The van der Waals surface area contributed by atoms with E-state index >= 15 is 0 Å². The molecule has 0 atom stereocenters. The Morgan fingerprint density at radius 3 is 1.70 bits per heavy atom. The van der Waals surface area contributed by atoms with E-state index in [1.165, 1.54) is 0 Å². The van der Waals surface area contributed by atoms with Crippen LogP contribution in [0.3, 0.4) is 0 Å². The number of fused-ring (bicyclic) bond motifs is 1. The molecule has 4 aromatic heterocycles. The van der Waals surface area contributed by atoms with Gasteiger partial charge in [-0.1, -0.05) is 12.1 Å². The number of carbonyl (C=O) groups is 2. The van der Waals surface area contributed by atoms with Gasteiger partial charge in [-0.3, -0.25) is 19.6 Å². The fraction of sp³-hybridized carbons (Fsp3) is 0.160. The molecule has 0 bridgehead atoms. The van der Waals surface area contributed by atoms with E-state index in [2.05, 4.69) is 39.8 Å². The third kappa shape index (κ3) is 11.0. The Bertz CT molecular complexity index is 2850. The lowest BCUT2D eigenvalue weighted by Gasteiger charge is -2.11. The average molecular weight is 873 g/mol. The van der Waals surface area contributed by atoms with Crippen molar-refractivity contribution in [2.45, 2.75) is 46.6 Å². The fourth-order valence-electron chi connectivity index (χ4n) is 6.68. The maximum Gasteiger partial charge on any atom is 0.255 e. The van der Waals surface area contributed by atoms with Gasteiger partial charge in [-0.2, -0.15) is 0 Å². The quantitative estimate of drug-likeness (QED) is 0.123. The summed E-state index contributed by atoms with van der Waals surface area (Å²) < 4.78 is 16.3. The second kappa shape index (κ2) is 19.7. The van der Waals surface area contributed by atoms with Gasteiger partial charge in [0, 0.05) is 82.0 Å². The summed E-state index contributed by atoms with van der Waals surface area (Å²) in [6, 6.07) is 32.1. The van der Waals surface area contributed by atoms with Crippen molar-refractivity contribution in [1.29, 1.82) is 0 Å². The molecule has 4 aromatic carbocycles. The van der Waals surface area contributed by atoms with Gasteiger partial charge < -0.3 is 24.8 Å². The van der Waals surface area contributed by atoms with Crippen molar-refractivity contribution in [3.05, 3.63) is 182 Å². The molecule has 0 saturated heterocycles. The Balaban J connectivity index is 0.000000173. The van der Waals surface area contributed by atoms with Crippen LogP contribution in [0.5, 0.6) is 17.2 Å². The molecule has 0 unspecified atom stereocenters. The van der Waals surface area contributed by atoms with Crippen LogP contribution in [0.4, 0.5) is 11.4 Å². The van der Waals surface area contributed by atoms with Gasteiger partial charge in [0.1, 0.15) is 5.75 Å². The lowest BCUT2D eigenvalue weighted by molar-refractivity contribution is 0.101. The van der Waals surface area contributed by atoms with E-state index in [1.54, 1.807) is 65.4 Å². The van der Waals surface area contributed by atoms with E-state index < -0.39 is 0 Å². The molecule has 0 spiro atoms. The minimum atomic E-state index is -0.193. The summed E-state index contributed by atoms with van der Waals surface area (Å²) in [4.78, 5) is 43.2. The third-order valence-electron chi connectivity index (χ3n) is 10.0. The number of aryl methyl sites for hydroxylation is 2. The fourth-order valence-corrected chi connectivity index (χ4v) is 8.34. The van der Waals surface area contributed by atoms with Crippen molar-refractivity contribution in [1.82, 2.24) is 19.9 Å².